The van der Waals surface area contributed by atoms with Gasteiger partial charge >= 0.3 is 5.97 Å². The first-order valence-electron chi connectivity index (χ1n) is 9.51. The van der Waals surface area contributed by atoms with Gasteiger partial charge in [0.15, 0.2) is 5.82 Å². The van der Waals surface area contributed by atoms with E-state index in [4.69, 9.17) is 9.15 Å². The third-order valence-corrected chi connectivity index (χ3v) is 4.74. The molecule has 0 spiro atoms. The Morgan fingerprint density at radius 3 is 2.63 bits per heavy atom. The molecule has 6 nitrogen and oxygen atoms in total. The minimum absolute atomic E-state index is 0.335. The van der Waals surface area contributed by atoms with Crippen molar-refractivity contribution in [1.29, 1.82) is 5.26 Å². The molecule has 0 atom stereocenters. The molecular weight excluding hydrogens is 378 g/mol. The van der Waals surface area contributed by atoms with Gasteiger partial charge in [-0.3, -0.25) is 0 Å². The van der Waals surface area contributed by atoms with Crippen molar-refractivity contribution < 1.29 is 13.9 Å². The fourth-order valence-corrected chi connectivity index (χ4v) is 3.25. The minimum atomic E-state index is -0.353. The zero-order valence-corrected chi connectivity index (χ0v) is 16.6. The highest BCUT2D eigenvalue weighted by Gasteiger charge is 2.13. The van der Waals surface area contributed by atoms with Crippen LogP contribution in [0.2, 0.25) is 0 Å². The van der Waals surface area contributed by atoms with Gasteiger partial charge in [-0.1, -0.05) is 24.3 Å². The Morgan fingerprint density at radius 2 is 1.93 bits per heavy atom. The lowest BCUT2D eigenvalue weighted by Crippen LogP contribution is -2.03. The second-order valence-electron chi connectivity index (χ2n) is 6.65. The Kier molecular flexibility index (Phi) is 5.19. The lowest BCUT2D eigenvalue weighted by atomic mass is 10.1. The lowest BCUT2D eigenvalue weighted by molar-refractivity contribution is 0.0526. The lowest BCUT2D eigenvalue weighted by Gasteiger charge is -2.02. The summed E-state index contributed by atoms with van der Waals surface area (Å²) in [5.74, 6) is 1.41. The predicted octanol–water partition coefficient (Wildman–Crippen LogP) is 5.07. The molecule has 2 heterocycles. The van der Waals surface area contributed by atoms with E-state index in [0.717, 1.165) is 16.6 Å². The molecule has 30 heavy (non-hydrogen) atoms. The van der Waals surface area contributed by atoms with Gasteiger partial charge in [-0.2, -0.15) is 5.26 Å². The average molecular weight is 397 g/mol. The van der Waals surface area contributed by atoms with Crippen molar-refractivity contribution in [2.75, 3.05) is 6.61 Å². The van der Waals surface area contributed by atoms with Crippen LogP contribution >= 0.6 is 0 Å². The number of hydrogen-bond acceptors (Lipinski definition) is 5. The monoisotopic (exact) mass is 397 g/mol. The number of furan rings is 1. The first-order valence-corrected chi connectivity index (χ1v) is 9.51. The summed E-state index contributed by atoms with van der Waals surface area (Å²) < 4.78 is 12.8. The van der Waals surface area contributed by atoms with Crippen LogP contribution in [0.15, 0.2) is 65.1 Å². The van der Waals surface area contributed by atoms with Gasteiger partial charge in [-0.25, -0.2) is 9.78 Å². The minimum Gasteiger partial charge on any atom is -0.462 e. The number of nitriles is 1. The highest BCUT2D eigenvalue weighted by molar-refractivity contribution is 5.91. The number of nitrogens with zero attached hydrogens (tertiary/aromatic N) is 3. The molecule has 0 unspecified atom stereocenters. The summed E-state index contributed by atoms with van der Waals surface area (Å²) in [5.41, 5.74) is 3.51. The quantitative estimate of drug-likeness (QED) is 0.347. The van der Waals surface area contributed by atoms with Crippen molar-refractivity contribution in [3.05, 3.63) is 77.8 Å². The molecular formula is C24H19N3O3. The van der Waals surface area contributed by atoms with Crippen LogP contribution in [-0.2, 0) is 11.8 Å². The van der Waals surface area contributed by atoms with E-state index in [9.17, 15) is 10.1 Å². The fourth-order valence-electron chi connectivity index (χ4n) is 3.25. The number of aromatic nitrogens is 2. The topological polar surface area (TPSA) is 81.0 Å². The molecule has 2 aromatic carbocycles. The zero-order chi connectivity index (χ0) is 21.1. The Morgan fingerprint density at radius 1 is 1.17 bits per heavy atom. The highest BCUT2D eigenvalue weighted by Crippen LogP contribution is 2.26. The van der Waals surface area contributed by atoms with Crippen LogP contribution in [-0.4, -0.2) is 22.1 Å². The van der Waals surface area contributed by atoms with Gasteiger partial charge in [-0.05, 0) is 43.3 Å². The SMILES string of the molecule is CCOC(=O)c1ccc(-c2ccc(/C=C(\C#N)c3nc4ccccc4n3C)o2)cc1. The Balaban J connectivity index is 1.63. The number of ether oxygens (including phenoxy) is 1. The maximum absolute atomic E-state index is 11.8. The molecule has 0 saturated carbocycles. The van der Waals surface area contributed by atoms with Gasteiger partial charge in [0.25, 0.3) is 0 Å². The van der Waals surface area contributed by atoms with Crippen LogP contribution in [0.5, 0.6) is 0 Å². The van der Waals surface area contributed by atoms with E-state index in [0.29, 0.717) is 35.1 Å². The van der Waals surface area contributed by atoms with Crippen LogP contribution in [0.25, 0.3) is 34.0 Å². The van der Waals surface area contributed by atoms with Crippen LogP contribution in [0.1, 0.15) is 28.9 Å². The number of carbonyl (C=O) groups is 1. The normalized spacial score (nSPS) is 11.4. The summed E-state index contributed by atoms with van der Waals surface area (Å²) in [6.07, 6.45) is 1.68. The second kappa shape index (κ2) is 8.10. The van der Waals surface area contributed by atoms with Gasteiger partial charge < -0.3 is 13.7 Å². The maximum Gasteiger partial charge on any atom is 0.338 e. The molecule has 0 fully saturated rings. The third kappa shape index (κ3) is 3.61. The Labute approximate surface area is 173 Å². The largest absolute Gasteiger partial charge is 0.462 e. The molecule has 0 amide bonds. The Bertz CT molecular complexity index is 1290. The van der Waals surface area contributed by atoms with E-state index in [1.54, 1.807) is 43.3 Å². The van der Waals surface area contributed by atoms with Gasteiger partial charge in [0.1, 0.15) is 17.6 Å². The zero-order valence-electron chi connectivity index (χ0n) is 16.6. The smallest absolute Gasteiger partial charge is 0.338 e. The number of hydrogen-bond donors (Lipinski definition) is 0. The second-order valence-corrected chi connectivity index (χ2v) is 6.65. The summed E-state index contributed by atoms with van der Waals surface area (Å²) in [4.78, 5) is 16.4. The van der Waals surface area contributed by atoms with Crippen molar-refractivity contribution in [3.63, 3.8) is 0 Å². The van der Waals surface area contributed by atoms with Crippen LogP contribution in [0, 0.1) is 11.3 Å². The number of para-hydroxylation sites is 2. The van der Waals surface area contributed by atoms with Crippen LogP contribution in [0.4, 0.5) is 0 Å². The van der Waals surface area contributed by atoms with Crippen LogP contribution < -0.4 is 0 Å². The summed E-state index contributed by atoms with van der Waals surface area (Å²) in [6, 6.07) is 20.6. The Hall–Kier alpha value is -4.11. The highest BCUT2D eigenvalue weighted by atomic mass is 16.5. The molecule has 0 aliphatic carbocycles. The van der Waals surface area contributed by atoms with E-state index in [2.05, 4.69) is 11.1 Å². The van der Waals surface area contributed by atoms with E-state index >= 15 is 0 Å². The molecule has 148 valence electrons. The van der Waals surface area contributed by atoms with Crippen molar-refractivity contribution in [2.24, 2.45) is 7.05 Å². The number of fused-ring (bicyclic) bond motifs is 1. The number of imidazole rings is 1. The first-order chi connectivity index (χ1) is 14.6. The summed E-state index contributed by atoms with van der Waals surface area (Å²) in [6.45, 7) is 2.11. The molecule has 4 rings (SSSR count). The number of allylic oxidation sites excluding steroid dienone is 1. The molecule has 0 aliphatic heterocycles. The summed E-state index contributed by atoms with van der Waals surface area (Å²) >= 11 is 0. The number of rotatable bonds is 5. The molecule has 6 heteroatoms. The van der Waals surface area contributed by atoms with Gasteiger partial charge in [0.2, 0.25) is 0 Å². The van der Waals surface area contributed by atoms with Crippen molar-refractivity contribution in [3.8, 4) is 17.4 Å². The molecule has 4 aromatic rings. The van der Waals surface area contributed by atoms with E-state index in [1.807, 2.05) is 41.9 Å². The average Bonchev–Trinajstić information content (AvgIpc) is 3.37. The third-order valence-electron chi connectivity index (χ3n) is 4.74. The van der Waals surface area contributed by atoms with E-state index in [-0.39, 0.29) is 5.97 Å². The summed E-state index contributed by atoms with van der Waals surface area (Å²) in [7, 11) is 1.88. The maximum atomic E-state index is 11.8. The fraction of sp³-hybridized carbons (Fsp3) is 0.125. The van der Waals surface area contributed by atoms with Crippen LogP contribution in [0.3, 0.4) is 0 Å². The number of carbonyl (C=O) groups excluding carboxylic acids is 1. The van der Waals surface area contributed by atoms with E-state index in [1.165, 1.54) is 0 Å². The predicted molar refractivity (Wildman–Crippen MR) is 114 cm³/mol. The summed E-state index contributed by atoms with van der Waals surface area (Å²) in [5, 5.41) is 9.68. The number of esters is 1. The van der Waals surface area contributed by atoms with Crippen molar-refractivity contribution >= 4 is 28.7 Å². The molecule has 0 saturated heterocycles. The van der Waals surface area contributed by atoms with Crippen molar-refractivity contribution in [1.82, 2.24) is 9.55 Å². The van der Waals surface area contributed by atoms with Gasteiger partial charge in [0, 0.05) is 18.7 Å². The van der Waals surface area contributed by atoms with E-state index < -0.39 is 0 Å². The number of aryl methyl sites for hydroxylation is 1. The molecule has 0 bridgehead atoms. The molecule has 0 aliphatic rings. The molecule has 2 aromatic heterocycles. The molecule has 0 N–H and O–H groups in total. The first kappa shape index (κ1) is 19.2. The van der Waals surface area contributed by atoms with Gasteiger partial charge in [-0.15, -0.1) is 0 Å². The number of benzene rings is 2. The standard InChI is InChI=1S/C24H19N3O3/c1-3-29-24(28)17-10-8-16(9-11-17)22-13-12-19(30-22)14-18(15-25)23-26-20-6-4-5-7-21(20)27(23)2/h4-14H,3H2,1-2H3/b18-14+. The van der Waals surface area contributed by atoms with Gasteiger partial charge in [0.05, 0.1) is 28.8 Å². The van der Waals surface area contributed by atoms with Crippen molar-refractivity contribution in [2.45, 2.75) is 6.92 Å². The molecule has 0 radical (unpaired) electrons.